The zero-order chi connectivity index (χ0) is 64.2. The van der Waals surface area contributed by atoms with Gasteiger partial charge in [-0.15, -0.1) is 0 Å². The first-order chi connectivity index (χ1) is 44.0. The maximum Gasteiger partial charge on any atom is 0.305 e. The Morgan fingerprint density at radius 3 is 0.764 bits per heavy atom. The lowest BCUT2D eigenvalue weighted by Gasteiger charge is -2.20. The maximum absolute atomic E-state index is 12.5. The summed E-state index contributed by atoms with van der Waals surface area (Å²) in [5.74, 6) is -0.0295. The fourth-order valence-corrected chi connectivity index (χ4v) is 13.5. The molecular formula is C83H163NO5. The summed E-state index contributed by atoms with van der Waals surface area (Å²) in [5.41, 5.74) is 0. The van der Waals surface area contributed by atoms with E-state index in [1.807, 2.05) is 6.08 Å². The van der Waals surface area contributed by atoms with E-state index < -0.39 is 12.1 Å². The fourth-order valence-electron chi connectivity index (χ4n) is 13.5. The number of carbonyl (C=O) groups is 2. The minimum Gasteiger partial charge on any atom is -0.466 e. The van der Waals surface area contributed by atoms with Gasteiger partial charge in [-0.2, -0.15) is 0 Å². The molecule has 0 spiro atoms. The molecule has 1 amide bonds. The fraction of sp³-hybridized carbons (Fsp3) is 0.952. The summed E-state index contributed by atoms with van der Waals surface area (Å²) in [6, 6.07) is -0.624. The average molecular weight is 1260 g/mol. The van der Waals surface area contributed by atoms with Gasteiger partial charge in [0.15, 0.2) is 0 Å². The van der Waals surface area contributed by atoms with Gasteiger partial charge >= 0.3 is 5.97 Å². The van der Waals surface area contributed by atoms with Gasteiger partial charge < -0.3 is 20.3 Å². The Morgan fingerprint density at radius 1 is 0.303 bits per heavy atom. The van der Waals surface area contributed by atoms with Gasteiger partial charge in [0.25, 0.3) is 0 Å². The summed E-state index contributed by atoms with van der Waals surface area (Å²) < 4.78 is 5.53. The van der Waals surface area contributed by atoms with E-state index in [1.165, 1.54) is 417 Å². The van der Waals surface area contributed by atoms with Crippen LogP contribution in [0.1, 0.15) is 483 Å². The molecule has 0 aromatic heterocycles. The Balaban J connectivity index is 3.30. The van der Waals surface area contributed by atoms with Crippen molar-refractivity contribution in [2.75, 3.05) is 13.2 Å². The molecule has 0 bridgehead atoms. The molecule has 0 fully saturated rings. The van der Waals surface area contributed by atoms with Gasteiger partial charge in [0.2, 0.25) is 5.91 Å². The van der Waals surface area contributed by atoms with Crippen LogP contribution in [0.25, 0.3) is 0 Å². The third-order valence-electron chi connectivity index (χ3n) is 19.8. The number of hydrogen-bond acceptors (Lipinski definition) is 5. The van der Waals surface area contributed by atoms with Crippen LogP contribution in [0.5, 0.6) is 0 Å². The molecule has 6 nitrogen and oxygen atoms in total. The van der Waals surface area contributed by atoms with Crippen LogP contribution >= 0.6 is 0 Å². The summed E-state index contributed by atoms with van der Waals surface area (Å²) >= 11 is 0. The second kappa shape index (κ2) is 79.0. The van der Waals surface area contributed by atoms with Crippen LogP contribution in [-0.2, 0) is 14.3 Å². The largest absolute Gasteiger partial charge is 0.466 e. The van der Waals surface area contributed by atoms with Crippen LogP contribution in [0, 0.1) is 0 Å². The normalized spacial score (nSPS) is 12.4. The van der Waals surface area contributed by atoms with E-state index in [0.29, 0.717) is 19.4 Å². The Kier molecular flexibility index (Phi) is 77.8. The van der Waals surface area contributed by atoms with Crippen molar-refractivity contribution in [1.29, 1.82) is 0 Å². The van der Waals surface area contributed by atoms with Crippen LogP contribution in [0.2, 0.25) is 0 Å². The van der Waals surface area contributed by atoms with Crippen LogP contribution < -0.4 is 5.32 Å². The van der Waals surface area contributed by atoms with Crippen LogP contribution in [0.3, 0.4) is 0 Å². The highest BCUT2D eigenvalue weighted by Crippen LogP contribution is 2.21. The highest BCUT2D eigenvalue weighted by atomic mass is 16.5. The number of rotatable bonds is 79. The first kappa shape index (κ1) is 87.6. The number of nitrogens with one attached hydrogen (secondary N) is 1. The molecule has 0 saturated heterocycles. The molecule has 0 aromatic rings. The van der Waals surface area contributed by atoms with Crippen LogP contribution in [0.4, 0.5) is 0 Å². The highest BCUT2D eigenvalue weighted by molar-refractivity contribution is 5.76. The summed E-state index contributed by atoms with van der Waals surface area (Å²) in [6.45, 7) is 4.97. The molecule has 2 atom stereocenters. The number of amides is 1. The number of hydrogen-bond donors (Lipinski definition) is 3. The van der Waals surface area contributed by atoms with E-state index in [0.717, 1.165) is 38.5 Å². The van der Waals surface area contributed by atoms with Crippen molar-refractivity contribution in [2.24, 2.45) is 0 Å². The van der Waals surface area contributed by atoms with Crippen molar-refractivity contribution in [3.05, 3.63) is 12.2 Å². The van der Waals surface area contributed by atoms with E-state index in [9.17, 15) is 19.8 Å². The minimum absolute atomic E-state index is 0.0285. The number of ether oxygens (including phenoxy) is 1. The molecule has 0 aliphatic heterocycles. The van der Waals surface area contributed by atoms with Gasteiger partial charge in [0.1, 0.15) is 0 Å². The van der Waals surface area contributed by atoms with Gasteiger partial charge in [-0.3, -0.25) is 9.59 Å². The molecule has 6 heteroatoms. The second-order valence-electron chi connectivity index (χ2n) is 28.8. The van der Waals surface area contributed by atoms with Crippen LogP contribution in [0.15, 0.2) is 12.2 Å². The molecular weight excluding hydrogens is 1090 g/mol. The number of unbranched alkanes of at least 4 members (excludes halogenated alkanes) is 68. The molecule has 0 saturated carbocycles. The van der Waals surface area contributed by atoms with Crippen molar-refractivity contribution in [3.8, 4) is 0 Å². The Morgan fingerprint density at radius 2 is 0.517 bits per heavy atom. The first-order valence-electron chi connectivity index (χ1n) is 41.5. The zero-order valence-electron chi connectivity index (χ0n) is 61.0. The Labute approximate surface area is 559 Å². The highest BCUT2D eigenvalue weighted by Gasteiger charge is 2.18. The third-order valence-corrected chi connectivity index (χ3v) is 19.8. The SMILES string of the molecule is CCCCCCCCCCCCCCCCCC/C=C/C(O)C(CO)NC(=O)CCCCCCCCCCCCCCCCCCCCCCCCCCCCCCCCCCCCCOC(=O)CCCCCCCCCCCCCCCCCCCCC. The first-order valence-corrected chi connectivity index (χ1v) is 41.5. The lowest BCUT2D eigenvalue weighted by atomic mass is 10.0. The third kappa shape index (κ3) is 75.5. The number of aliphatic hydroxyl groups excluding tert-OH is 2. The molecule has 3 N–H and O–H groups in total. The molecule has 0 aliphatic rings. The lowest BCUT2D eigenvalue weighted by Crippen LogP contribution is -2.45. The summed E-state index contributed by atoms with van der Waals surface area (Å²) in [4.78, 5) is 24.7. The second-order valence-corrected chi connectivity index (χ2v) is 28.8. The maximum atomic E-state index is 12.5. The van der Waals surface area contributed by atoms with Gasteiger partial charge in [0, 0.05) is 12.8 Å². The minimum atomic E-state index is -0.841. The van der Waals surface area contributed by atoms with Gasteiger partial charge in [-0.05, 0) is 32.1 Å². The molecule has 530 valence electrons. The molecule has 2 unspecified atom stereocenters. The van der Waals surface area contributed by atoms with Crippen molar-refractivity contribution in [1.82, 2.24) is 5.32 Å². The van der Waals surface area contributed by atoms with Gasteiger partial charge in [-0.1, -0.05) is 450 Å². The summed E-state index contributed by atoms with van der Waals surface area (Å²) in [6.07, 6.45) is 101. The van der Waals surface area contributed by atoms with Gasteiger partial charge in [-0.25, -0.2) is 0 Å². The molecule has 89 heavy (non-hydrogen) atoms. The van der Waals surface area contributed by atoms with E-state index >= 15 is 0 Å². The van der Waals surface area contributed by atoms with Crippen molar-refractivity contribution in [3.63, 3.8) is 0 Å². The smallest absolute Gasteiger partial charge is 0.305 e. The zero-order valence-corrected chi connectivity index (χ0v) is 61.0. The van der Waals surface area contributed by atoms with Crippen LogP contribution in [-0.4, -0.2) is 47.4 Å². The Hall–Kier alpha value is -1.40. The van der Waals surface area contributed by atoms with Crippen molar-refractivity contribution < 1.29 is 24.5 Å². The van der Waals surface area contributed by atoms with E-state index in [-0.39, 0.29) is 18.5 Å². The standard InChI is InChI=1S/C83H163NO5/c1-3-5-7-9-11-13-15-17-19-21-40-45-49-53-57-61-65-69-73-77-83(88)89-78-74-70-66-62-58-54-50-46-42-39-37-35-33-31-29-27-25-23-24-26-28-30-32-34-36-38-41-44-48-52-56-60-64-68-72-76-82(87)84-80(79-85)81(86)75-71-67-63-59-55-51-47-43-22-20-18-16-14-12-10-8-6-4-2/h71,75,80-81,85-86H,3-70,72-74,76-79H2,1-2H3,(H,84,87)/b75-71+. The van der Waals surface area contributed by atoms with E-state index in [2.05, 4.69) is 19.2 Å². The molecule has 0 aromatic carbocycles. The lowest BCUT2D eigenvalue weighted by molar-refractivity contribution is -0.143. The van der Waals surface area contributed by atoms with Gasteiger partial charge in [0.05, 0.1) is 25.4 Å². The summed E-state index contributed by atoms with van der Waals surface area (Å²) in [5, 5.41) is 23.3. The number of aliphatic hydroxyl groups is 2. The average Bonchev–Trinajstić information content (AvgIpc) is 3.63. The van der Waals surface area contributed by atoms with Crippen molar-refractivity contribution in [2.45, 2.75) is 495 Å². The molecule has 0 aliphatic carbocycles. The monoisotopic (exact) mass is 1250 g/mol. The number of carbonyl (C=O) groups excluding carboxylic acids is 2. The molecule has 0 rings (SSSR count). The van der Waals surface area contributed by atoms with E-state index in [4.69, 9.17) is 4.74 Å². The van der Waals surface area contributed by atoms with E-state index in [1.54, 1.807) is 6.08 Å². The molecule has 0 radical (unpaired) electrons. The predicted octanol–water partition coefficient (Wildman–Crippen LogP) is 27.4. The molecule has 0 heterocycles. The Bertz CT molecular complexity index is 1350. The van der Waals surface area contributed by atoms with Crippen molar-refractivity contribution >= 4 is 11.9 Å². The quantitative estimate of drug-likeness (QED) is 0.0320. The summed E-state index contributed by atoms with van der Waals surface area (Å²) in [7, 11) is 0. The number of esters is 1. The topological polar surface area (TPSA) is 95.9 Å². The number of allylic oxidation sites excluding steroid dienone is 1. The predicted molar refractivity (Wildman–Crippen MR) is 394 cm³/mol.